The molecule has 0 spiro atoms. The van der Waals surface area contributed by atoms with Crippen LogP contribution in [0, 0.1) is 19.8 Å². The molecule has 0 radical (unpaired) electrons. The van der Waals surface area contributed by atoms with Crippen LogP contribution in [0.25, 0.3) is 0 Å². The Bertz CT molecular complexity index is 1170. The molecule has 0 bridgehead atoms. The van der Waals surface area contributed by atoms with E-state index in [0.717, 1.165) is 12.1 Å². The summed E-state index contributed by atoms with van der Waals surface area (Å²) in [6, 6.07) is 19.8. The molecule has 174 valence electrons. The van der Waals surface area contributed by atoms with Gasteiger partial charge in [-0.15, -0.1) is 0 Å². The van der Waals surface area contributed by atoms with Gasteiger partial charge in [0.2, 0.25) is 15.9 Å². The molecule has 2 aromatic carbocycles. The number of carbonyl (C=O) groups is 1. The summed E-state index contributed by atoms with van der Waals surface area (Å²) in [7, 11) is -3.70. The van der Waals surface area contributed by atoms with E-state index in [0.29, 0.717) is 43.9 Å². The van der Waals surface area contributed by atoms with Crippen LogP contribution in [0.2, 0.25) is 0 Å². The molecule has 0 saturated carbocycles. The van der Waals surface area contributed by atoms with E-state index in [-0.39, 0.29) is 16.7 Å². The predicted molar refractivity (Wildman–Crippen MR) is 126 cm³/mol. The highest BCUT2D eigenvalue weighted by atomic mass is 32.2. The number of hydrogen-bond donors (Lipinski definition) is 0. The molecule has 4 rings (SSSR count). The zero-order valence-corrected chi connectivity index (χ0v) is 19.8. The van der Waals surface area contributed by atoms with E-state index in [1.807, 2.05) is 53.4 Å². The number of anilines is 1. The minimum absolute atomic E-state index is 0.0477. The highest BCUT2D eigenvalue weighted by Gasteiger charge is 2.36. The minimum atomic E-state index is -3.70. The van der Waals surface area contributed by atoms with Crippen molar-refractivity contribution in [3.8, 4) is 0 Å². The van der Waals surface area contributed by atoms with Crippen molar-refractivity contribution < 1.29 is 17.7 Å². The number of sulfonamides is 1. The van der Waals surface area contributed by atoms with Crippen molar-refractivity contribution >= 4 is 21.6 Å². The maximum atomic E-state index is 13.5. The second-order valence-electron chi connectivity index (χ2n) is 8.39. The van der Waals surface area contributed by atoms with Crippen molar-refractivity contribution in [3.05, 3.63) is 77.7 Å². The van der Waals surface area contributed by atoms with Gasteiger partial charge in [-0.1, -0.05) is 53.7 Å². The van der Waals surface area contributed by atoms with Crippen LogP contribution in [0.15, 0.2) is 70.1 Å². The number of nitrogens with zero attached hydrogens (tertiary/aromatic N) is 3. The molecule has 1 saturated heterocycles. The van der Waals surface area contributed by atoms with Gasteiger partial charge in [-0.05, 0) is 50.8 Å². The molecule has 0 unspecified atom stereocenters. The van der Waals surface area contributed by atoms with Gasteiger partial charge < -0.3 is 9.42 Å². The van der Waals surface area contributed by atoms with Crippen molar-refractivity contribution in [1.29, 1.82) is 0 Å². The smallest absolute Gasteiger partial charge is 0.248 e. The van der Waals surface area contributed by atoms with E-state index in [1.165, 1.54) is 9.87 Å². The average molecular weight is 468 g/mol. The Labute approximate surface area is 195 Å². The first kappa shape index (κ1) is 23.2. The van der Waals surface area contributed by atoms with Crippen LogP contribution in [0.4, 0.5) is 5.69 Å². The fourth-order valence-electron chi connectivity index (χ4n) is 4.40. The SMILES string of the molecule is Cc1noc(C)c1S(=O)(=O)N1CCC(C(=O)N(CCc2ccccc2)c2ccccc2)CC1. The summed E-state index contributed by atoms with van der Waals surface area (Å²) in [5.74, 6) is 0.116. The number of rotatable bonds is 7. The number of piperidine rings is 1. The lowest BCUT2D eigenvalue weighted by Gasteiger charge is -2.33. The molecule has 0 N–H and O–H groups in total. The summed E-state index contributed by atoms with van der Waals surface area (Å²) in [6.45, 7) is 4.40. The number of aryl methyl sites for hydroxylation is 2. The van der Waals surface area contributed by atoms with E-state index in [1.54, 1.807) is 13.8 Å². The van der Waals surface area contributed by atoms with Crippen LogP contribution in [-0.2, 0) is 21.2 Å². The first-order valence-electron chi connectivity index (χ1n) is 11.2. The van der Waals surface area contributed by atoms with E-state index >= 15 is 0 Å². The number of para-hydroxylation sites is 1. The van der Waals surface area contributed by atoms with E-state index in [9.17, 15) is 13.2 Å². The predicted octanol–water partition coefficient (Wildman–Crippen LogP) is 3.97. The van der Waals surface area contributed by atoms with Gasteiger partial charge in [-0.2, -0.15) is 4.31 Å². The van der Waals surface area contributed by atoms with Gasteiger partial charge in [-0.3, -0.25) is 4.79 Å². The van der Waals surface area contributed by atoms with Crippen LogP contribution >= 0.6 is 0 Å². The standard InChI is InChI=1S/C25H29N3O4S/c1-19-24(20(2)32-26-19)33(30,31)27-16-14-22(15-17-27)25(29)28(23-11-7-4-8-12-23)18-13-21-9-5-3-6-10-21/h3-12,22H,13-18H2,1-2H3. The van der Waals surface area contributed by atoms with Gasteiger partial charge in [0.1, 0.15) is 10.6 Å². The van der Waals surface area contributed by atoms with Crippen LogP contribution in [0.1, 0.15) is 29.9 Å². The van der Waals surface area contributed by atoms with Gasteiger partial charge in [0.05, 0.1) is 0 Å². The molecule has 33 heavy (non-hydrogen) atoms. The molecule has 8 heteroatoms. The lowest BCUT2D eigenvalue weighted by atomic mass is 9.96. The molecule has 0 aliphatic carbocycles. The summed E-state index contributed by atoms with van der Waals surface area (Å²) in [5, 5.41) is 3.78. The molecular weight excluding hydrogens is 438 g/mol. The number of benzene rings is 2. The zero-order chi connectivity index (χ0) is 23.4. The molecule has 1 amide bonds. The van der Waals surface area contributed by atoms with Crippen molar-refractivity contribution in [2.75, 3.05) is 24.5 Å². The third-order valence-electron chi connectivity index (χ3n) is 6.17. The quantitative estimate of drug-likeness (QED) is 0.525. The van der Waals surface area contributed by atoms with Crippen LogP contribution < -0.4 is 4.90 Å². The van der Waals surface area contributed by atoms with Crippen molar-refractivity contribution in [2.24, 2.45) is 5.92 Å². The Morgan fingerprint density at radius 2 is 1.64 bits per heavy atom. The van der Waals surface area contributed by atoms with E-state index in [2.05, 4.69) is 17.3 Å². The molecule has 1 aromatic heterocycles. The Morgan fingerprint density at radius 1 is 1.03 bits per heavy atom. The third kappa shape index (κ3) is 5.02. The molecular formula is C25H29N3O4S. The normalized spacial score (nSPS) is 15.5. The van der Waals surface area contributed by atoms with E-state index in [4.69, 9.17) is 4.52 Å². The van der Waals surface area contributed by atoms with Crippen molar-refractivity contribution in [1.82, 2.24) is 9.46 Å². The largest absolute Gasteiger partial charge is 0.360 e. The molecule has 2 heterocycles. The highest BCUT2D eigenvalue weighted by Crippen LogP contribution is 2.29. The number of amides is 1. The van der Waals surface area contributed by atoms with Crippen molar-refractivity contribution in [3.63, 3.8) is 0 Å². The summed E-state index contributed by atoms with van der Waals surface area (Å²) in [6.07, 6.45) is 1.72. The lowest BCUT2D eigenvalue weighted by molar-refractivity contribution is -0.123. The monoisotopic (exact) mass is 467 g/mol. The highest BCUT2D eigenvalue weighted by molar-refractivity contribution is 7.89. The average Bonchev–Trinajstić information content (AvgIpc) is 3.19. The summed E-state index contributed by atoms with van der Waals surface area (Å²) >= 11 is 0. The molecule has 3 aromatic rings. The molecule has 1 aliphatic rings. The summed E-state index contributed by atoms with van der Waals surface area (Å²) in [5.41, 5.74) is 2.40. The van der Waals surface area contributed by atoms with Crippen LogP contribution in [0.3, 0.4) is 0 Å². The van der Waals surface area contributed by atoms with Gasteiger partial charge in [0.25, 0.3) is 0 Å². The zero-order valence-electron chi connectivity index (χ0n) is 19.0. The molecule has 1 aliphatic heterocycles. The van der Waals surface area contributed by atoms with Crippen LogP contribution in [0.5, 0.6) is 0 Å². The van der Waals surface area contributed by atoms with E-state index < -0.39 is 10.0 Å². The maximum Gasteiger partial charge on any atom is 0.248 e. The Hall–Kier alpha value is -2.97. The maximum absolute atomic E-state index is 13.5. The fourth-order valence-corrected chi connectivity index (χ4v) is 6.16. The Kier molecular flexibility index (Phi) is 6.95. The Morgan fingerprint density at radius 3 is 2.21 bits per heavy atom. The third-order valence-corrected chi connectivity index (χ3v) is 8.31. The van der Waals surface area contributed by atoms with Gasteiger partial charge >= 0.3 is 0 Å². The summed E-state index contributed by atoms with van der Waals surface area (Å²) < 4.78 is 32.7. The van der Waals surface area contributed by atoms with Crippen LogP contribution in [-0.4, -0.2) is 43.4 Å². The molecule has 1 fully saturated rings. The van der Waals surface area contributed by atoms with Gasteiger partial charge in [-0.25, -0.2) is 8.42 Å². The number of aromatic nitrogens is 1. The summed E-state index contributed by atoms with van der Waals surface area (Å²) in [4.78, 5) is 15.5. The van der Waals surface area contributed by atoms with Gasteiger partial charge in [0.15, 0.2) is 5.76 Å². The number of hydrogen-bond acceptors (Lipinski definition) is 5. The molecule has 0 atom stereocenters. The minimum Gasteiger partial charge on any atom is -0.360 e. The molecule has 7 nitrogen and oxygen atoms in total. The second kappa shape index (κ2) is 9.89. The topological polar surface area (TPSA) is 83.7 Å². The first-order chi connectivity index (χ1) is 15.9. The Balaban J connectivity index is 1.47. The number of carbonyl (C=O) groups excluding carboxylic acids is 1. The van der Waals surface area contributed by atoms with Gasteiger partial charge in [0, 0.05) is 31.2 Å². The second-order valence-corrected chi connectivity index (χ2v) is 10.3. The van der Waals surface area contributed by atoms with Crippen molar-refractivity contribution in [2.45, 2.75) is 38.0 Å². The lowest BCUT2D eigenvalue weighted by Crippen LogP contribution is -2.45. The fraction of sp³-hybridized carbons (Fsp3) is 0.360. The first-order valence-corrected chi connectivity index (χ1v) is 12.7.